The highest BCUT2D eigenvalue weighted by molar-refractivity contribution is 5.85. The molecule has 2 heterocycles. The zero-order chi connectivity index (χ0) is 18.8. The number of nitriles is 1. The number of nitrogens with zero attached hydrogens (tertiary/aromatic N) is 4. The molecule has 0 spiro atoms. The number of aliphatic imine (C=N–C) groups is 1. The maximum atomic E-state index is 13.0. The van der Waals surface area contributed by atoms with Crippen molar-refractivity contribution in [2.45, 2.75) is 58.2 Å². The number of hydrogen-bond donors (Lipinski definition) is 1. The zero-order valence-electron chi connectivity index (χ0n) is 15.9. The molecule has 1 fully saturated rings. The van der Waals surface area contributed by atoms with Crippen LogP contribution in [0, 0.1) is 23.2 Å². The third-order valence-corrected chi connectivity index (χ3v) is 5.54. The van der Waals surface area contributed by atoms with Crippen molar-refractivity contribution in [1.29, 1.82) is 5.26 Å². The maximum Gasteiger partial charge on any atom is 0.293 e. The molecule has 0 bridgehead atoms. The quantitative estimate of drug-likeness (QED) is 0.844. The molecule has 7 nitrogen and oxygen atoms in total. The van der Waals surface area contributed by atoms with Gasteiger partial charge >= 0.3 is 0 Å². The van der Waals surface area contributed by atoms with Crippen molar-refractivity contribution in [2.75, 3.05) is 19.0 Å². The number of rotatable bonds is 6. The topological polar surface area (TPSA) is 92.3 Å². The predicted octanol–water partition coefficient (Wildman–Crippen LogP) is 2.38. The largest absolute Gasteiger partial charge is 0.383 e. The summed E-state index contributed by atoms with van der Waals surface area (Å²) in [6.45, 7) is 6.68. The van der Waals surface area contributed by atoms with Crippen LogP contribution in [-0.4, -0.2) is 41.1 Å². The van der Waals surface area contributed by atoms with Crippen LogP contribution in [0.3, 0.4) is 0 Å². The molecule has 0 radical (unpaired) electrons. The Morgan fingerprint density at radius 3 is 2.81 bits per heavy atom. The number of ether oxygens (including phenoxy) is 1. The molecule has 1 aromatic rings. The summed E-state index contributed by atoms with van der Waals surface area (Å²) >= 11 is 0. The number of methoxy groups -OCH3 is 1. The molecule has 140 valence electrons. The summed E-state index contributed by atoms with van der Waals surface area (Å²) in [5.41, 5.74) is 1.19. The van der Waals surface area contributed by atoms with Gasteiger partial charge in [0, 0.05) is 19.0 Å². The molecule has 0 aromatic carbocycles. The minimum Gasteiger partial charge on any atom is -0.383 e. The summed E-state index contributed by atoms with van der Waals surface area (Å²) in [6.07, 6.45) is 4.61. The summed E-state index contributed by atoms with van der Waals surface area (Å²) in [7, 11) is 1.64. The third-order valence-electron chi connectivity index (χ3n) is 5.54. The van der Waals surface area contributed by atoms with E-state index in [2.05, 4.69) is 28.3 Å². The van der Waals surface area contributed by atoms with E-state index in [-0.39, 0.29) is 35.2 Å². The van der Waals surface area contributed by atoms with Crippen LogP contribution < -0.4 is 10.9 Å². The van der Waals surface area contributed by atoms with Crippen LogP contribution in [0.5, 0.6) is 0 Å². The number of hydrogen-bond acceptors (Lipinski definition) is 6. The van der Waals surface area contributed by atoms with Gasteiger partial charge < -0.3 is 14.6 Å². The first-order valence-corrected chi connectivity index (χ1v) is 9.27. The molecule has 4 unspecified atom stereocenters. The molecule has 1 aromatic heterocycles. The number of aromatic nitrogens is 2. The van der Waals surface area contributed by atoms with E-state index in [1.807, 2.05) is 13.8 Å². The standard InChI is InChI=1S/C19H27N5O2/c1-11-7-16(13(3)21-12(11)2)23-18-19(25)24(9-15(8-20)22-18)17(10-26-4)14-5-6-14/h9,11,13-14,16-17H,5-7,10H2,1-4H3,(H,22,23). The van der Waals surface area contributed by atoms with E-state index >= 15 is 0 Å². The van der Waals surface area contributed by atoms with Gasteiger partial charge in [0.25, 0.3) is 5.56 Å². The van der Waals surface area contributed by atoms with Gasteiger partial charge in [0.1, 0.15) is 6.07 Å². The Morgan fingerprint density at radius 2 is 2.19 bits per heavy atom. The fraction of sp³-hybridized carbons (Fsp3) is 0.684. The van der Waals surface area contributed by atoms with E-state index in [1.54, 1.807) is 17.9 Å². The summed E-state index contributed by atoms with van der Waals surface area (Å²) in [6, 6.07) is 2.11. The average Bonchev–Trinajstić information content (AvgIpc) is 3.44. The van der Waals surface area contributed by atoms with Crippen molar-refractivity contribution in [3.05, 3.63) is 22.2 Å². The smallest absolute Gasteiger partial charge is 0.293 e. The first kappa shape index (κ1) is 18.6. The normalized spacial score (nSPS) is 26.7. The van der Waals surface area contributed by atoms with Crippen molar-refractivity contribution in [2.24, 2.45) is 16.8 Å². The van der Waals surface area contributed by atoms with Crippen molar-refractivity contribution in [1.82, 2.24) is 9.55 Å². The maximum absolute atomic E-state index is 13.0. The van der Waals surface area contributed by atoms with Gasteiger partial charge in [-0.05, 0) is 44.9 Å². The molecule has 0 amide bonds. The number of anilines is 1. The van der Waals surface area contributed by atoms with Crippen molar-refractivity contribution in [3.63, 3.8) is 0 Å². The Kier molecular flexibility index (Phi) is 5.42. The van der Waals surface area contributed by atoms with Gasteiger partial charge in [-0.15, -0.1) is 0 Å². The Morgan fingerprint density at radius 1 is 1.46 bits per heavy atom. The van der Waals surface area contributed by atoms with Crippen LogP contribution in [0.15, 0.2) is 16.0 Å². The first-order chi connectivity index (χ1) is 12.4. The van der Waals surface area contributed by atoms with E-state index < -0.39 is 0 Å². The van der Waals surface area contributed by atoms with E-state index in [0.717, 1.165) is 25.0 Å². The Bertz CT molecular complexity index is 790. The lowest BCUT2D eigenvalue weighted by molar-refractivity contribution is 0.143. The molecule has 1 saturated carbocycles. The second kappa shape index (κ2) is 7.58. The van der Waals surface area contributed by atoms with E-state index in [9.17, 15) is 10.1 Å². The molecular weight excluding hydrogens is 330 g/mol. The molecule has 0 saturated heterocycles. The van der Waals surface area contributed by atoms with Crippen LogP contribution in [-0.2, 0) is 4.74 Å². The van der Waals surface area contributed by atoms with E-state index in [1.165, 1.54) is 0 Å². The lowest BCUT2D eigenvalue weighted by atomic mass is 9.90. The highest BCUT2D eigenvalue weighted by Crippen LogP contribution is 2.39. The molecule has 7 heteroatoms. The van der Waals surface area contributed by atoms with Crippen LogP contribution >= 0.6 is 0 Å². The first-order valence-electron chi connectivity index (χ1n) is 9.27. The van der Waals surface area contributed by atoms with E-state index in [0.29, 0.717) is 18.4 Å². The number of nitrogens with one attached hydrogen (secondary N) is 1. The van der Waals surface area contributed by atoms with Gasteiger partial charge in [0.2, 0.25) is 0 Å². The SMILES string of the molecule is COCC(C1CC1)n1cc(C#N)nc(NC2CC(C)C(C)=NC2C)c1=O. The van der Waals surface area contributed by atoms with Gasteiger partial charge in [0.05, 0.1) is 24.7 Å². The van der Waals surface area contributed by atoms with Crippen molar-refractivity contribution >= 4 is 11.5 Å². The van der Waals surface area contributed by atoms with Crippen molar-refractivity contribution in [3.8, 4) is 6.07 Å². The monoisotopic (exact) mass is 357 g/mol. The lowest BCUT2D eigenvalue weighted by Crippen LogP contribution is -2.41. The average molecular weight is 357 g/mol. The fourth-order valence-electron chi connectivity index (χ4n) is 3.64. The molecule has 26 heavy (non-hydrogen) atoms. The van der Waals surface area contributed by atoms with Crippen molar-refractivity contribution < 1.29 is 4.74 Å². The zero-order valence-corrected chi connectivity index (χ0v) is 15.9. The van der Waals surface area contributed by atoms with Gasteiger partial charge in [-0.3, -0.25) is 9.79 Å². The second-order valence-corrected chi connectivity index (χ2v) is 7.56. The minimum atomic E-state index is -0.191. The van der Waals surface area contributed by atoms with Crippen LogP contribution in [0.2, 0.25) is 0 Å². The summed E-state index contributed by atoms with van der Waals surface area (Å²) in [5.74, 6) is 1.03. The van der Waals surface area contributed by atoms with Crippen LogP contribution in [0.25, 0.3) is 0 Å². The van der Waals surface area contributed by atoms with Crippen LogP contribution in [0.1, 0.15) is 51.8 Å². The van der Waals surface area contributed by atoms with Gasteiger partial charge in [-0.25, -0.2) is 4.98 Å². The molecule has 1 N–H and O–H groups in total. The van der Waals surface area contributed by atoms with Gasteiger partial charge in [-0.1, -0.05) is 6.92 Å². The predicted molar refractivity (Wildman–Crippen MR) is 101 cm³/mol. The molecule has 4 atom stereocenters. The minimum absolute atomic E-state index is 0.0260. The Balaban J connectivity index is 1.93. The molecule has 1 aliphatic heterocycles. The van der Waals surface area contributed by atoms with Crippen LogP contribution in [0.4, 0.5) is 5.82 Å². The molecular formula is C19H27N5O2. The molecule has 3 rings (SSSR count). The molecule has 2 aliphatic rings. The highest BCUT2D eigenvalue weighted by Gasteiger charge is 2.34. The Hall–Kier alpha value is -2.20. The highest BCUT2D eigenvalue weighted by atomic mass is 16.5. The second-order valence-electron chi connectivity index (χ2n) is 7.56. The summed E-state index contributed by atoms with van der Waals surface area (Å²) < 4.78 is 6.96. The Labute approximate surface area is 154 Å². The summed E-state index contributed by atoms with van der Waals surface area (Å²) in [5, 5.41) is 12.6. The third kappa shape index (κ3) is 3.80. The molecule has 1 aliphatic carbocycles. The fourth-order valence-corrected chi connectivity index (χ4v) is 3.64. The van der Waals surface area contributed by atoms with E-state index in [4.69, 9.17) is 4.74 Å². The van der Waals surface area contributed by atoms with Gasteiger partial charge in [-0.2, -0.15) is 5.26 Å². The lowest BCUT2D eigenvalue weighted by Gasteiger charge is -2.31. The summed E-state index contributed by atoms with van der Waals surface area (Å²) in [4.78, 5) is 22.0. The van der Waals surface area contributed by atoms with Gasteiger partial charge in [0.15, 0.2) is 11.5 Å².